The molecule has 0 saturated carbocycles. The SMILES string of the molecule is C[C@@H]1C[C@@H](C)[C@H](c2ccccc2)N[C@@H]1c1ccccc1. The summed E-state index contributed by atoms with van der Waals surface area (Å²) in [5.74, 6) is 1.35. The molecule has 0 aromatic heterocycles. The summed E-state index contributed by atoms with van der Waals surface area (Å²) in [6.07, 6.45) is 1.27. The first-order valence-electron chi connectivity index (χ1n) is 7.61. The van der Waals surface area contributed by atoms with Gasteiger partial charge in [0, 0.05) is 12.1 Å². The fraction of sp³-hybridized carbons (Fsp3) is 0.368. The Morgan fingerprint density at radius 3 is 1.50 bits per heavy atom. The van der Waals surface area contributed by atoms with E-state index < -0.39 is 0 Å². The molecule has 2 aromatic carbocycles. The van der Waals surface area contributed by atoms with Crippen molar-refractivity contribution in [2.45, 2.75) is 32.4 Å². The van der Waals surface area contributed by atoms with Crippen LogP contribution in [0.25, 0.3) is 0 Å². The Balaban J connectivity index is 1.87. The van der Waals surface area contributed by atoms with E-state index in [-0.39, 0.29) is 0 Å². The zero-order valence-electron chi connectivity index (χ0n) is 12.3. The molecule has 1 heterocycles. The van der Waals surface area contributed by atoms with E-state index in [9.17, 15) is 0 Å². The van der Waals surface area contributed by atoms with Crippen LogP contribution in [0.2, 0.25) is 0 Å². The van der Waals surface area contributed by atoms with Crippen molar-refractivity contribution in [1.82, 2.24) is 5.32 Å². The lowest BCUT2D eigenvalue weighted by Crippen LogP contribution is -2.40. The molecule has 1 fully saturated rings. The molecule has 4 atom stereocenters. The van der Waals surface area contributed by atoms with Gasteiger partial charge in [0.1, 0.15) is 0 Å². The monoisotopic (exact) mass is 265 g/mol. The Bertz CT molecular complexity index is 485. The van der Waals surface area contributed by atoms with Crippen molar-refractivity contribution >= 4 is 0 Å². The Labute approximate surface area is 122 Å². The number of hydrogen-bond donors (Lipinski definition) is 1. The third-order valence-electron chi connectivity index (χ3n) is 4.56. The minimum absolute atomic E-state index is 0.456. The van der Waals surface area contributed by atoms with Crippen LogP contribution in [0.15, 0.2) is 60.7 Å². The van der Waals surface area contributed by atoms with Gasteiger partial charge in [-0.15, -0.1) is 0 Å². The fourth-order valence-electron chi connectivity index (χ4n) is 3.55. The first-order chi connectivity index (χ1) is 9.75. The van der Waals surface area contributed by atoms with Gasteiger partial charge in [0.15, 0.2) is 0 Å². The molecule has 1 heteroatoms. The maximum absolute atomic E-state index is 3.89. The van der Waals surface area contributed by atoms with Gasteiger partial charge < -0.3 is 5.32 Å². The standard InChI is InChI=1S/C19H23N/c1-14-13-15(2)19(17-11-7-4-8-12-17)20-18(14)16-9-5-3-6-10-16/h3-12,14-15,18-20H,13H2,1-2H3/t14-,15-,18-,19+/m1/s1. The summed E-state index contributed by atoms with van der Waals surface area (Å²) in [6.45, 7) is 4.73. The molecular formula is C19H23N. The zero-order valence-corrected chi connectivity index (χ0v) is 12.3. The van der Waals surface area contributed by atoms with E-state index in [1.165, 1.54) is 17.5 Å². The summed E-state index contributed by atoms with van der Waals surface area (Å²) in [4.78, 5) is 0. The van der Waals surface area contributed by atoms with Crippen molar-refractivity contribution in [3.8, 4) is 0 Å². The molecule has 1 aliphatic rings. The van der Waals surface area contributed by atoms with Gasteiger partial charge in [-0.05, 0) is 29.4 Å². The van der Waals surface area contributed by atoms with E-state index in [4.69, 9.17) is 0 Å². The molecule has 104 valence electrons. The van der Waals surface area contributed by atoms with E-state index in [2.05, 4.69) is 79.8 Å². The highest BCUT2D eigenvalue weighted by atomic mass is 15.0. The summed E-state index contributed by atoms with van der Waals surface area (Å²) in [7, 11) is 0. The molecule has 1 saturated heterocycles. The third kappa shape index (κ3) is 2.64. The predicted octanol–water partition coefficient (Wildman–Crippen LogP) is 4.73. The van der Waals surface area contributed by atoms with Crippen LogP contribution >= 0.6 is 0 Å². The average Bonchev–Trinajstić information content (AvgIpc) is 2.49. The molecule has 1 nitrogen and oxygen atoms in total. The second-order valence-electron chi connectivity index (χ2n) is 6.13. The lowest BCUT2D eigenvalue weighted by atomic mass is 9.77. The van der Waals surface area contributed by atoms with Crippen LogP contribution in [0.5, 0.6) is 0 Å². The molecule has 1 aliphatic heterocycles. The van der Waals surface area contributed by atoms with Crippen molar-refractivity contribution in [3.63, 3.8) is 0 Å². The maximum Gasteiger partial charge on any atom is 0.0351 e. The van der Waals surface area contributed by atoms with Crippen LogP contribution in [0.1, 0.15) is 43.5 Å². The van der Waals surface area contributed by atoms with E-state index in [1.807, 2.05) is 0 Å². The topological polar surface area (TPSA) is 12.0 Å². The van der Waals surface area contributed by atoms with Crippen molar-refractivity contribution in [2.24, 2.45) is 11.8 Å². The summed E-state index contributed by atoms with van der Waals surface area (Å²) < 4.78 is 0. The largest absolute Gasteiger partial charge is 0.303 e. The second kappa shape index (κ2) is 5.80. The Kier molecular flexibility index (Phi) is 3.88. The van der Waals surface area contributed by atoms with E-state index >= 15 is 0 Å². The molecule has 3 rings (SSSR count). The van der Waals surface area contributed by atoms with Crippen molar-refractivity contribution < 1.29 is 0 Å². The third-order valence-corrected chi connectivity index (χ3v) is 4.56. The van der Waals surface area contributed by atoms with Crippen molar-refractivity contribution in [3.05, 3.63) is 71.8 Å². The number of rotatable bonds is 2. The summed E-state index contributed by atoms with van der Waals surface area (Å²) in [5.41, 5.74) is 2.82. The number of benzene rings is 2. The van der Waals surface area contributed by atoms with Crippen LogP contribution in [-0.2, 0) is 0 Å². The molecule has 2 aromatic rings. The van der Waals surface area contributed by atoms with Gasteiger partial charge in [0.05, 0.1) is 0 Å². The second-order valence-corrected chi connectivity index (χ2v) is 6.13. The van der Waals surface area contributed by atoms with Gasteiger partial charge in [-0.3, -0.25) is 0 Å². The molecule has 1 N–H and O–H groups in total. The molecule has 0 aliphatic carbocycles. The highest BCUT2D eigenvalue weighted by molar-refractivity contribution is 5.25. The number of hydrogen-bond acceptors (Lipinski definition) is 1. The van der Waals surface area contributed by atoms with Gasteiger partial charge in [0.2, 0.25) is 0 Å². The van der Waals surface area contributed by atoms with E-state index in [0.29, 0.717) is 23.9 Å². The molecule has 0 spiro atoms. The average molecular weight is 265 g/mol. The first kappa shape index (κ1) is 13.4. The Morgan fingerprint density at radius 1 is 0.700 bits per heavy atom. The van der Waals surface area contributed by atoms with Crippen LogP contribution in [0.4, 0.5) is 0 Å². The van der Waals surface area contributed by atoms with Crippen LogP contribution in [0.3, 0.4) is 0 Å². The molecule has 0 radical (unpaired) electrons. The maximum atomic E-state index is 3.89. The fourth-order valence-corrected chi connectivity index (χ4v) is 3.55. The molecular weight excluding hydrogens is 242 g/mol. The van der Waals surface area contributed by atoms with E-state index in [1.54, 1.807) is 0 Å². The molecule has 20 heavy (non-hydrogen) atoms. The Morgan fingerprint density at radius 2 is 1.10 bits per heavy atom. The summed E-state index contributed by atoms with van der Waals surface area (Å²) in [6, 6.07) is 22.6. The first-order valence-corrected chi connectivity index (χ1v) is 7.61. The van der Waals surface area contributed by atoms with Gasteiger partial charge in [-0.1, -0.05) is 74.5 Å². The zero-order chi connectivity index (χ0) is 13.9. The summed E-state index contributed by atoms with van der Waals surface area (Å²) >= 11 is 0. The minimum atomic E-state index is 0.456. The highest BCUT2D eigenvalue weighted by Gasteiger charge is 2.33. The van der Waals surface area contributed by atoms with Crippen LogP contribution < -0.4 is 5.32 Å². The van der Waals surface area contributed by atoms with Gasteiger partial charge >= 0.3 is 0 Å². The number of piperidine rings is 1. The molecule has 0 amide bonds. The smallest absolute Gasteiger partial charge is 0.0351 e. The normalized spacial score (nSPS) is 30.1. The predicted molar refractivity (Wildman–Crippen MR) is 84.4 cm³/mol. The Hall–Kier alpha value is -1.60. The van der Waals surface area contributed by atoms with Gasteiger partial charge in [-0.2, -0.15) is 0 Å². The lowest BCUT2D eigenvalue weighted by Gasteiger charge is -2.40. The highest BCUT2D eigenvalue weighted by Crippen LogP contribution is 2.39. The van der Waals surface area contributed by atoms with Crippen molar-refractivity contribution in [1.29, 1.82) is 0 Å². The van der Waals surface area contributed by atoms with Crippen LogP contribution in [-0.4, -0.2) is 0 Å². The quantitative estimate of drug-likeness (QED) is 0.827. The minimum Gasteiger partial charge on any atom is -0.303 e. The lowest BCUT2D eigenvalue weighted by molar-refractivity contribution is 0.184. The summed E-state index contributed by atoms with van der Waals surface area (Å²) in [5, 5.41) is 3.89. The van der Waals surface area contributed by atoms with E-state index in [0.717, 1.165) is 0 Å². The van der Waals surface area contributed by atoms with Crippen molar-refractivity contribution in [2.75, 3.05) is 0 Å². The van der Waals surface area contributed by atoms with Gasteiger partial charge in [0.25, 0.3) is 0 Å². The number of nitrogens with one attached hydrogen (secondary N) is 1. The van der Waals surface area contributed by atoms with Crippen LogP contribution in [0, 0.1) is 11.8 Å². The molecule has 0 unspecified atom stereocenters. The van der Waals surface area contributed by atoms with Gasteiger partial charge in [-0.25, -0.2) is 0 Å². The molecule has 0 bridgehead atoms.